The first-order valence-electron chi connectivity index (χ1n) is 6.21. The average Bonchev–Trinajstić information content (AvgIpc) is 2.85. The molecule has 0 atom stereocenters. The van der Waals surface area contributed by atoms with Gasteiger partial charge in [0.25, 0.3) is 0 Å². The molecule has 0 spiro atoms. The van der Waals surface area contributed by atoms with Crippen LogP contribution in [0.3, 0.4) is 0 Å². The number of para-hydroxylation sites is 2. The van der Waals surface area contributed by atoms with E-state index in [0.29, 0.717) is 22.6 Å². The number of nitrogens with zero attached hydrogens (tertiary/aromatic N) is 2. The number of hydrogen-bond acceptors (Lipinski definition) is 2. The van der Waals surface area contributed by atoms with Gasteiger partial charge in [0.15, 0.2) is 0 Å². The largest absolute Gasteiger partial charge is 0.495 e. The van der Waals surface area contributed by atoms with Gasteiger partial charge in [-0.15, -0.1) is 11.6 Å². The van der Waals surface area contributed by atoms with E-state index in [1.54, 1.807) is 13.2 Å². The van der Waals surface area contributed by atoms with Crippen LogP contribution in [0.15, 0.2) is 36.4 Å². The van der Waals surface area contributed by atoms with Crippen molar-refractivity contribution in [3.63, 3.8) is 0 Å². The zero-order chi connectivity index (χ0) is 15.0. The van der Waals surface area contributed by atoms with Gasteiger partial charge >= 0.3 is 0 Å². The molecule has 108 valence electrons. The fourth-order valence-electron chi connectivity index (χ4n) is 2.30. The molecule has 6 heteroatoms. The van der Waals surface area contributed by atoms with Gasteiger partial charge in [-0.3, -0.25) is 4.57 Å². The highest BCUT2D eigenvalue weighted by molar-refractivity contribution is 6.31. The number of aromatic nitrogens is 2. The van der Waals surface area contributed by atoms with Gasteiger partial charge in [-0.05, 0) is 18.2 Å². The number of imidazole rings is 1. The van der Waals surface area contributed by atoms with Crippen molar-refractivity contribution in [1.29, 1.82) is 0 Å². The first-order valence-corrected chi connectivity index (χ1v) is 7.12. The summed E-state index contributed by atoms with van der Waals surface area (Å²) >= 11 is 11.9. The van der Waals surface area contributed by atoms with Gasteiger partial charge in [0.05, 0.1) is 34.7 Å². The van der Waals surface area contributed by atoms with Crippen molar-refractivity contribution in [3.8, 4) is 11.4 Å². The molecule has 3 rings (SSSR count). The van der Waals surface area contributed by atoms with E-state index in [4.69, 9.17) is 27.9 Å². The van der Waals surface area contributed by atoms with Crippen LogP contribution < -0.4 is 4.74 Å². The average molecular weight is 325 g/mol. The van der Waals surface area contributed by atoms with Crippen LogP contribution in [-0.2, 0) is 5.88 Å². The lowest BCUT2D eigenvalue weighted by Crippen LogP contribution is -2.01. The summed E-state index contributed by atoms with van der Waals surface area (Å²) in [5.74, 6) is 0.947. The van der Waals surface area contributed by atoms with Crippen LogP contribution in [0.5, 0.6) is 5.75 Å². The lowest BCUT2D eigenvalue weighted by Gasteiger charge is -2.12. The molecule has 0 saturated carbocycles. The molecular weight excluding hydrogens is 314 g/mol. The number of hydrogen-bond donors (Lipinski definition) is 0. The number of fused-ring (bicyclic) bond motifs is 1. The number of ether oxygens (including phenoxy) is 1. The van der Waals surface area contributed by atoms with Crippen molar-refractivity contribution < 1.29 is 9.13 Å². The molecule has 0 aliphatic rings. The summed E-state index contributed by atoms with van der Waals surface area (Å²) in [4.78, 5) is 4.36. The molecule has 0 aliphatic carbocycles. The highest BCUT2D eigenvalue weighted by Gasteiger charge is 2.16. The number of alkyl halides is 1. The van der Waals surface area contributed by atoms with Crippen LogP contribution in [0.4, 0.5) is 4.39 Å². The Morgan fingerprint density at radius 1 is 1.29 bits per heavy atom. The van der Waals surface area contributed by atoms with Crippen molar-refractivity contribution in [3.05, 3.63) is 53.1 Å². The summed E-state index contributed by atoms with van der Waals surface area (Å²) in [5, 5.41) is 0.0414. The van der Waals surface area contributed by atoms with E-state index in [1.165, 1.54) is 6.07 Å². The molecule has 0 radical (unpaired) electrons. The molecule has 0 amide bonds. The summed E-state index contributed by atoms with van der Waals surface area (Å²) in [6.45, 7) is 0. The minimum atomic E-state index is -0.505. The van der Waals surface area contributed by atoms with Crippen molar-refractivity contribution >= 4 is 34.2 Å². The van der Waals surface area contributed by atoms with Crippen LogP contribution >= 0.6 is 23.2 Å². The summed E-state index contributed by atoms with van der Waals surface area (Å²) in [6, 6.07) is 10.3. The zero-order valence-corrected chi connectivity index (χ0v) is 12.6. The van der Waals surface area contributed by atoms with Crippen LogP contribution in [0, 0.1) is 5.82 Å². The maximum absolute atomic E-state index is 13.6. The SMILES string of the molecule is COc1ccccc1-n1c(CCl)nc2cc(F)c(Cl)cc21. The van der Waals surface area contributed by atoms with E-state index in [-0.39, 0.29) is 10.9 Å². The Bertz CT molecular complexity index is 817. The molecule has 0 fully saturated rings. The second-order valence-corrected chi connectivity index (χ2v) is 5.10. The molecule has 0 N–H and O–H groups in total. The van der Waals surface area contributed by atoms with Gasteiger partial charge in [0, 0.05) is 6.07 Å². The number of rotatable bonds is 3. The lowest BCUT2D eigenvalue weighted by molar-refractivity contribution is 0.413. The third-order valence-corrected chi connectivity index (χ3v) is 3.74. The minimum absolute atomic E-state index is 0.0414. The van der Waals surface area contributed by atoms with Crippen molar-refractivity contribution in [1.82, 2.24) is 9.55 Å². The van der Waals surface area contributed by atoms with Crippen LogP contribution in [-0.4, -0.2) is 16.7 Å². The Labute approximate surface area is 130 Å². The fourth-order valence-corrected chi connectivity index (χ4v) is 2.63. The minimum Gasteiger partial charge on any atom is -0.495 e. The Kier molecular flexibility index (Phi) is 3.74. The third-order valence-electron chi connectivity index (χ3n) is 3.21. The quantitative estimate of drug-likeness (QED) is 0.660. The topological polar surface area (TPSA) is 27.1 Å². The molecule has 1 aromatic heterocycles. The van der Waals surface area contributed by atoms with Gasteiger partial charge in [0.1, 0.15) is 17.4 Å². The fraction of sp³-hybridized carbons (Fsp3) is 0.133. The number of halogens is 3. The van der Waals surface area contributed by atoms with Crippen LogP contribution in [0.25, 0.3) is 16.7 Å². The number of benzene rings is 2. The molecule has 1 heterocycles. The molecule has 2 aromatic carbocycles. The molecule has 0 aliphatic heterocycles. The van der Waals surface area contributed by atoms with Gasteiger partial charge < -0.3 is 4.74 Å². The van der Waals surface area contributed by atoms with Gasteiger partial charge in [-0.2, -0.15) is 0 Å². The number of methoxy groups -OCH3 is 1. The smallest absolute Gasteiger partial charge is 0.144 e. The van der Waals surface area contributed by atoms with E-state index in [2.05, 4.69) is 4.98 Å². The molecule has 3 aromatic rings. The van der Waals surface area contributed by atoms with Crippen LogP contribution in [0.1, 0.15) is 5.82 Å². The molecular formula is C15H11Cl2FN2O. The van der Waals surface area contributed by atoms with Gasteiger partial charge in [-0.1, -0.05) is 23.7 Å². The summed E-state index contributed by atoms with van der Waals surface area (Å²) in [6.07, 6.45) is 0. The summed E-state index contributed by atoms with van der Waals surface area (Å²) in [5.41, 5.74) is 1.96. The van der Waals surface area contributed by atoms with E-state index >= 15 is 0 Å². The maximum atomic E-state index is 13.6. The van der Waals surface area contributed by atoms with Crippen molar-refractivity contribution in [2.75, 3.05) is 7.11 Å². The van der Waals surface area contributed by atoms with Crippen molar-refractivity contribution in [2.45, 2.75) is 5.88 Å². The highest BCUT2D eigenvalue weighted by atomic mass is 35.5. The Balaban J connectivity index is 2.37. The Morgan fingerprint density at radius 2 is 2.05 bits per heavy atom. The van der Waals surface area contributed by atoms with E-state index in [0.717, 1.165) is 5.69 Å². The second-order valence-electron chi connectivity index (χ2n) is 4.42. The predicted octanol–water partition coefficient (Wildman–Crippen LogP) is 4.57. The normalized spacial score (nSPS) is 11.0. The molecule has 21 heavy (non-hydrogen) atoms. The van der Waals surface area contributed by atoms with E-state index in [1.807, 2.05) is 28.8 Å². The monoisotopic (exact) mass is 324 g/mol. The lowest BCUT2D eigenvalue weighted by atomic mass is 10.2. The Morgan fingerprint density at radius 3 is 2.76 bits per heavy atom. The van der Waals surface area contributed by atoms with Gasteiger partial charge in [0.2, 0.25) is 0 Å². The highest BCUT2D eigenvalue weighted by Crippen LogP contribution is 2.31. The predicted molar refractivity (Wildman–Crippen MR) is 82.1 cm³/mol. The van der Waals surface area contributed by atoms with Crippen molar-refractivity contribution in [2.24, 2.45) is 0 Å². The van der Waals surface area contributed by atoms with E-state index in [9.17, 15) is 4.39 Å². The third kappa shape index (κ3) is 2.34. The van der Waals surface area contributed by atoms with E-state index < -0.39 is 5.82 Å². The van der Waals surface area contributed by atoms with Crippen LogP contribution in [0.2, 0.25) is 5.02 Å². The van der Waals surface area contributed by atoms with Gasteiger partial charge in [-0.25, -0.2) is 9.37 Å². The second kappa shape index (κ2) is 5.54. The zero-order valence-electron chi connectivity index (χ0n) is 11.1. The standard InChI is InChI=1S/C15H11Cl2FN2O/c1-21-14-5-3-2-4-12(14)20-13-6-9(17)10(18)7-11(13)19-15(20)8-16/h2-7H,8H2,1H3. The summed E-state index contributed by atoms with van der Waals surface area (Å²) < 4.78 is 20.8. The molecule has 0 unspecified atom stereocenters. The summed E-state index contributed by atoms with van der Waals surface area (Å²) in [7, 11) is 1.59. The molecule has 0 saturated heterocycles. The molecule has 0 bridgehead atoms. The first kappa shape index (κ1) is 14.2. The first-order chi connectivity index (χ1) is 10.2. The molecule has 3 nitrogen and oxygen atoms in total. The maximum Gasteiger partial charge on any atom is 0.144 e. The Hall–Kier alpha value is -1.78.